The van der Waals surface area contributed by atoms with Crippen LogP contribution in [0.2, 0.25) is 0 Å². The number of nitrogens with zero attached hydrogens (tertiary/aromatic N) is 2. The van der Waals surface area contributed by atoms with Gasteiger partial charge in [-0.2, -0.15) is 0 Å². The van der Waals surface area contributed by atoms with E-state index in [0.29, 0.717) is 22.8 Å². The predicted molar refractivity (Wildman–Crippen MR) is 61.2 cm³/mol. The summed E-state index contributed by atoms with van der Waals surface area (Å²) < 4.78 is 10.4. The number of aryl methyl sites for hydroxylation is 1. The van der Waals surface area contributed by atoms with Gasteiger partial charge in [-0.25, -0.2) is 9.78 Å². The minimum Gasteiger partial charge on any atom is -0.476 e. The zero-order chi connectivity index (χ0) is 12.7. The second kappa shape index (κ2) is 3.69. The van der Waals surface area contributed by atoms with Crippen molar-refractivity contribution in [2.24, 2.45) is 0 Å². The van der Waals surface area contributed by atoms with Gasteiger partial charge >= 0.3 is 5.97 Å². The van der Waals surface area contributed by atoms with Crippen molar-refractivity contribution in [3.05, 3.63) is 35.9 Å². The number of rotatable bonds is 2. The molecular formula is C12H8N2O4. The van der Waals surface area contributed by atoms with E-state index in [1.54, 1.807) is 25.1 Å². The lowest BCUT2D eigenvalue weighted by molar-refractivity contribution is 0.0686. The molecule has 0 saturated carbocycles. The van der Waals surface area contributed by atoms with Crippen molar-refractivity contribution in [3.8, 4) is 11.3 Å². The molecule has 3 aromatic rings. The highest BCUT2D eigenvalue weighted by Gasteiger charge is 2.13. The molecule has 2 heterocycles. The quantitative estimate of drug-likeness (QED) is 0.744. The van der Waals surface area contributed by atoms with Crippen LogP contribution in [-0.4, -0.2) is 21.2 Å². The maximum Gasteiger partial charge on any atom is 0.358 e. The van der Waals surface area contributed by atoms with E-state index >= 15 is 0 Å². The highest BCUT2D eigenvalue weighted by Crippen LogP contribution is 2.25. The molecule has 18 heavy (non-hydrogen) atoms. The molecule has 0 aliphatic carbocycles. The van der Waals surface area contributed by atoms with Crippen molar-refractivity contribution in [3.63, 3.8) is 0 Å². The van der Waals surface area contributed by atoms with Gasteiger partial charge in [0.2, 0.25) is 0 Å². The van der Waals surface area contributed by atoms with E-state index in [1.165, 1.54) is 6.07 Å². The van der Waals surface area contributed by atoms with E-state index < -0.39 is 5.97 Å². The molecule has 0 spiro atoms. The Hall–Kier alpha value is -2.63. The summed E-state index contributed by atoms with van der Waals surface area (Å²) in [7, 11) is 0. The van der Waals surface area contributed by atoms with Crippen LogP contribution in [0.5, 0.6) is 0 Å². The number of carboxylic acids is 1. The van der Waals surface area contributed by atoms with Gasteiger partial charge in [0, 0.05) is 18.6 Å². The molecule has 0 aliphatic rings. The number of aromatic carboxylic acids is 1. The van der Waals surface area contributed by atoms with E-state index in [9.17, 15) is 4.79 Å². The summed E-state index contributed by atoms with van der Waals surface area (Å²) in [5.41, 5.74) is 1.94. The fraction of sp³-hybridized carbons (Fsp3) is 0.0833. The Morgan fingerprint density at radius 2 is 2.17 bits per heavy atom. The highest BCUT2D eigenvalue weighted by atomic mass is 16.5. The number of aromatic nitrogens is 2. The zero-order valence-corrected chi connectivity index (χ0v) is 9.38. The molecule has 6 heteroatoms. The lowest BCUT2D eigenvalue weighted by Crippen LogP contribution is -1.94. The van der Waals surface area contributed by atoms with Crippen molar-refractivity contribution in [2.45, 2.75) is 6.92 Å². The van der Waals surface area contributed by atoms with Gasteiger partial charge in [0.05, 0.1) is 0 Å². The summed E-state index contributed by atoms with van der Waals surface area (Å²) in [5, 5.41) is 12.2. The number of hydrogen-bond acceptors (Lipinski definition) is 5. The van der Waals surface area contributed by atoms with E-state index in [0.717, 1.165) is 5.52 Å². The molecule has 0 bridgehead atoms. The highest BCUT2D eigenvalue weighted by molar-refractivity contribution is 5.87. The van der Waals surface area contributed by atoms with Crippen LogP contribution < -0.4 is 0 Å². The molecule has 0 radical (unpaired) electrons. The van der Waals surface area contributed by atoms with Gasteiger partial charge in [-0.15, -0.1) is 0 Å². The summed E-state index contributed by atoms with van der Waals surface area (Å²) >= 11 is 0. The van der Waals surface area contributed by atoms with Crippen molar-refractivity contribution < 1.29 is 18.8 Å². The van der Waals surface area contributed by atoms with E-state index in [2.05, 4.69) is 10.1 Å². The van der Waals surface area contributed by atoms with E-state index in [4.69, 9.17) is 14.0 Å². The topological polar surface area (TPSA) is 89.4 Å². The standard InChI is InChI=1S/C12H8N2O4/c1-6-13-8-3-2-7(4-11(8)17-6)10-5-9(12(15)16)14-18-10/h2-5H,1H3,(H,15,16). The Labute approximate surface area is 101 Å². The predicted octanol–water partition coefficient (Wildman–Crippen LogP) is 2.49. The molecule has 0 aliphatic heterocycles. The third-order valence-corrected chi connectivity index (χ3v) is 2.51. The van der Waals surface area contributed by atoms with Gasteiger partial charge < -0.3 is 14.0 Å². The fourth-order valence-electron chi connectivity index (χ4n) is 1.71. The normalized spacial score (nSPS) is 10.9. The summed E-state index contributed by atoms with van der Waals surface area (Å²) in [6, 6.07) is 6.66. The van der Waals surface area contributed by atoms with Crippen molar-refractivity contribution >= 4 is 17.1 Å². The van der Waals surface area contributed by atoms with E-state index in [-0.39, 0.29) is 5.69 Å². The molecule has 90 valence electrons. The lowest BCUT2D eigenvalue weighted by atomic mass is 10.1. The van der Waals surface area contributed by atoms with Crippen LogP contribution in [0.25, 0.3) is 22.4 Å². The van der Waals surface area contributed by atoms with Gasteiger partial charge in [-0.1, -0.05) is 5.16 Å². The number of benzene rings is 1. The van der Waals surface area contributed by atoms with Crippen LogP contribution in [-0.2, 0) is 0 Å². The number of oxazole rings is 1. The molecule has 2 aromatic heterocycles. The van der Waals surface area contributed by atoms with Gasteiger partial charge in [0.25, 0.3) is 0 Å². The van der Waals surface area contributed by atoms with Crippen LogP contribution in [0.1, 0.15) is 16.4 Å². The minimum absolute atomic E-state index is 0.126. The maximum absolute atomic E-state index is 10.7. The van der Waals surface area contributed by atoms with Gasteiger partial charge in [-0.3, -0.25) is 0 Å². The summed E-state index contributed by atoms with van der Waals surface area (Å²) in [6.45, 7) is 1.76. The Kier molecular flexibility index (Phi) is 2.16. The maximum atomic E-state index is 10.7. The largest absolute Gasteiger partial charge is 0.476 e. The minimum atomic E-state index is -1.12. The van der Waals surface area contributed by atoms with Crippen LogP contribution in [0, 0.1) is 6.92 Å². The first kappa shape index (κ1) is 10.5. The Morgan fingerprint density at radius 3 is 2.89 bits per heavy atom. The SMILES string of the molecule is Cc1nc2ccc(-c3cc(C(=O)O)no3)cc2o1. The zero-order valence-electron chi connectivity index (χ0n) is 9.38. The second-order valence-corrected chi connectivity index (χ2v) is 3.80. The molecule has 1 N–H and O–H groups in total. The Balaban J connectivity index is 2.09. The molecule has 0 atom stereocenters. The number of hydrogen-bond donors (Lipinski definition) is 1. The van der Waals surface area contributed by atoms with Crippen LogP contribution in [0.4, 0.5) is 0 Å². The molecule has 0 fully saturated rings. The first-order chi connectivity index (χ1) is 8.63. The third kappa shape index (κ3) is 1.64. The van der Waals surface area contributed by atoms with Gasteiger partial charge in [-0.05, 0) is 18.2 Å². The smallest absolute Gasteiger partial charge is 0.358 e. The Bertz CT molecular complexity index is 741. The molecule has 1 aromatic carbocycles. The number of carboxylic acid groups (broad SMARTS) is 1. The molecule has 3 rings (SSSR count). The first-order valence-corrected chi connectivity index (χ1v) is 5.21. The fourth-order valence-corrected chi connectivity index (χ4v) is 1.71. The van der Waals surface area contributed by atoms with Crippen LogP contribution >= 0.6 is 0 Å². The average Bonchev–Trinajstić information content (AvgIpc) is 2.91. The molecule has 0 unspecified atom stereocenters. The first-order valence-electron chi connectivity index (χ1n) is 5.21. The van der Waals surface area contributed by atoms with Crippen molar-refractivity contribution in [1.82, 2.24) is 10.1 Å². The van der Waals surface area contributed by atoms with Crippen LogP contribution in [0.3, 0.4) is 0 Å². The lowest BCUT2D eigenvalue weighted by Gasteiger charge is -1.93. The van der Waals surface area contributed by atoms with Gasteiger partial charge in [0.15, 0.2) is 22.9 Å². The average molecular weight is 244 g/mol. The second-order valence-electron chi connectivity index (χ2n) is 3.80. The summed E-state index contributed by atoms with van der Waals surface area (Å²) in [5.74, 6) is -0.170. The summed E-state index contributed by atoms with van der Waals surface area (Å²) in [6.07, 6.45) is 0. The third-order valence-electron chi connectivity index (χ3n) is 2.51. The Morgan fingerprint density at radius 1 is 1.33 bits per heavy atom. The molecule has 0 amide bonds. The summed E-state index contributed by atoms with van der Waals surface area (Å²) in [4.78, 5) is 14.9. The van der Waals surface area contributed by atoms with Gasteiger partial charge in [0.1, 0.15) is 5.52 Å². The molecule has 6 nitrogen and oxygen atoms in total. The monoisotopic (exact) mass is 244 g/mol. The number of carbonyl (C=O) groups is 1. The van der Waals surface area contributed by atoms with Crippen molar-refractivity contribution in [1.29, 1.82) is 0 Å². The van der Waals surface area contributed by atoms with Crippen LogP contribution in [0.15, 0.2) is 33.2 Å². The van der Waals surface area contributed by atoms with E-state index in [1.807, 2.05) is 0 Å². The number of fused-ring (bicyclic) bond motifs is 1. The molecule has 0 saturated heterocycles. The molecular weight excluding hydrogens is 236 g/mol. The van der Waals surface area contributed by atoms with Crippen molar-refractivity contribution in [2.75, 3.05) is 0 Å².